The predicted octanol–water partition coefficient (Wildman–Crippen LogP) is 2.24. The van der Waals surface area contributed by atoms with Crippen LogP contribution in [0.25, 0.3) is 0 Å². The lowest BCUT2D eigenvalue weighted by Crippen LogP contribution is -2.30. The third kappa shape index (κ3) is 3.93. The van der Waals surface area contributed by atoms with Crippen molar-refractivity contribution < 1.29 is 14.2 Å². The van der Waals surface area contributed by atoms with Gasteiger partial charge in [-0.2, -0.15) is 0 Å². The van der Waals surface area contributed by atoms with Gasteiger partial charge in [-0.3, -0.25) is 0 Å². The van der Waals surface area contributed by atoms with Crippen LogP contribution in [0.3, 0.4) is 0 Å². The second-order valence-electron chi connectivity index (χ2n) is 5.39. The van der Waals surface area contributed by atoms with E-state index in [-0.39, 0.29) is 6.10 Å². The highest BCUT2D eigenvalue weighted by Crippen LogP contribution is 2.22. The first-order valence-electron chi connectivity index (χ1n) is 6.66. The first-order chi connectivity index (χ1) is 9.00. The Bertz CT molecular complexity index is 431. The Morgan fingerprint density at radius 3 is 2.79 bits per heavy atom. The fourth-order valence-electron chi connectivity index (χ4n) is 2.29. The molecule has 1 fully saturated rings. The smallest absolute Gasteiger partial charge is 0.163 e. The first kappa shape index (κ1) is 14.3. The highest BCUT2D eigenvalue weighted by molar-refractivity contribution is 5.36. The summed E-state index contributed by atoms with van der Waals surface area (Å²) in [5.41, 5.74) is 2.40. The SMILES string of the molecule is COc1ccc(CNCC2COC(C)(C)O2)cc1C. The molecule has 1 heterocycles. The zero-order valence-electron chi connectivity index (χ0n) is 12.2. The number of benzene rings is 1. The van der Waals surface area contributed by atoms with E-state index in [4.69, 9.17) is 14.2 Å². The number of nitrogens with one attached hydrogen (secondary N) is 1. The fourth-order valence-corrected chi connectivity index (χ4v) is 2.29. The van der Waals surface area contributed by atoms with Gasteiger partial charge < -0.3 is 19.5 Å². The van der Waals surface area contributed by atoms with Gasteiger partial charge in [0.25, 0.3) is 0 Å². The molecule has 0 aromatic heterocycles. The summed E-state index contributed by atoms with van der Waals surface area (Å²) >= 11 is 0. The molecule has 0 spiro atoms. The summed E-state index contributed by atoms with van der Waals surface area (Å²) in [5.74, 6) is 0.487. The number of hydrogen-bond donors (Lipinski definition) is 1. The average Bonchev–Trinajstić information content (AvgIpc) is 2.69. The van der Waals surface area contributed by atoms with E-state index >= 15 is 0 Å². The minimum absolute atomic E-state index is 0.134. The maximum absolute atomic E-state index is 5.74. The molecule has 0 amide bonds. The van der Waals surface area contributed by atoms with Crippen molar-refractivity contribution in [2.45, 2.75) is 39.2 Å². The van der Waals surface area contributed by atoms with Crippen LogP contribution in [-0.4, -0.2) is 32.2 Å². The Hall–Kier alpha value is -1.10. The van der Waals surface area contributed by atoms with E-state index in [9.17, 15) is 0 Å². The van der Waals surface area contributed by atoms with Gasteiger partial charge in [0.15, 0.2) is 5.79 Å². The lowest BCUT2D eigenvalue weighted by molar-refractivity contribution is -0.137. The van der Waals surface area contributed by atoms with Gasteiger partial charge in [-0.15, -0.1) is 0 Å². The van der Waals surface area contributed by atoms with Crippen molar-refractivity contribution in [3.05, 3.63) is 29.3 Å². The standard InChI is InChI=1S/C15H23NO3/c1-11-7-12(5-6-14(11)17-4)8-16-9-13-10-18-15(2,3)19-13/h5-7,13,16H,8-10H2,1-4H3. The lowest BCUT2D eigenvalue weighted by Gasteiger charge is -2.17. The third-order valence-electron chi connectivity index (χ3n) is 3.23. The van der Waals surface area contributed by atoms with Crippen molar-refractivity contribution in [1.29, 1.82) is 0 Å². The summed E-state index contributed by atoms with van der Waals surface area (Å²) in [4.78, 5) is 0. The Balaban J connectivity index is 1.78. The van der Waals surface area contributed by atoms with Crippen molar-refractivity contribution >= 4 is 0 Å². The summed E-state index contributed by atoms with van der Waals surface area (Å²) in [6, 6.07) is 6.22. The summed E-state index contributed by atoms with van der Waals surface area (Å²) in [6.07, 6.45) is 0.134. The maximum atomic E-state index is 5.74. The van der Waals surface area contributed by atoms with Gasteiger partial charge in [-0.05, 0) is 38.0 Å². The molecule has 4 heteroatoms. The highest BCUT2D eigenvalue weighted by Gasteiger charge is 2.32. The maximum Gasteiger partial charge on any atom is 0.163 e. The average molecular weight is 265 g/mol. The van der Waals surface area contributed by atoms with Crippen LogP contribution < -0.4 is 10.1 Å². The van der Waals surface area contributed by atoms with Crippen molar-refractivity contribution in [1.82, 2.24) is 5.32 Å². The molecule has 1 aromatic rings. The summed E-state index contributed by atoms with van der Waals surface area (Å²) in [7, 11) is 1.69. The molecule has 1 N–H and O–H groups in total. The second kappa shape index (κ2) is 5.90. The van der Waals surface area contributed by atoms with Gasteiger partial charge in [0, 0.05) is 13.1 Å². The van der Waals surface area contributed by atoms with Crippen LogP contribution in [0, 0.1) is 6.92 Å². The Morgan fingerprint density at radius 1 is 1.42 bits per heavy atom. The minimum atomic E-state index is -0.441. The highest BCUT2D eigenvalue weighted by atomic mass is 16.7. The molecule has 1 aliphatic rings. The fraction of sp³-hybridized carbons (Fsp3) is 0.600. The molecule has 0 bridgehead atoms. The second-order valence-corrected chi connectivity index (χ2v) is 5.39. The van der Waals surface area contributed by atoms with Gasteiger partial charge in [0.2, 0.25) is 0 Å². The molecule has 4 nitrogen and oxygen atoms in total. The first-order valence-corrected chi connectivity index (χ1v) is 6.66. The van der Waals surface area contributed by atoms with Gasteiger partial charge in [0.1, 0.15) is 5.75 Å². The molecule has 19 heavy (non-hydrogen) atoms. The number of ether oxygens (including phenoxy) is 3. The molecule has 1 aliphatic heterocycles. The number of methoxy groups -OCH3 is 1. The summed E-state index contributed by atoms with van der Waals surface area (Å²) in [5, 5.41) is 3.40. The van der Waals surface area contributed by atoms with Crippen LogP contribution in [0.2, 0.25) is 0 Å². The molecule has 1 atom stereocenters. The normalized spacial score (nSPS) is 21.6. The lowest BCUT2D eigenvalue weighted by atomic mass is 10.1. The van der Waals surface area contributed by atoms with E-state index in [0.717, 1.165) is 24.4 Å². The molecule has 106 valence electrons. The Labute approximate surface area is 115 Å². The Kier molecular flexibility index (Phi) is 4.45. The van der Waals surface area contributed by atoms with E-state index in [1.807, 2.05) is 19.9 Å². The monoisotopic (exact) mass is 265 g/mol. The molecule has 1 unspecified atom stereocenters. The van der Waals surface area contributed by atoms with Crippen molar-refractivity contribution in [2.75, 3.05) is 20.3 Å². The minimum Gasteiger partial charge on any atom is -0.496 e. The predicted molar refractivity (Wildman–Crippen MR) is 74.3 cm³/mol. The van der Waals surface area contributed by atoms with Crippen LogP contribution in [-0.2, 0) is 16.0 Å². The van der Waals surface area contributed by atoms with Gasteiger partial charge >= 0.3 is 0 Å². The van der Waals surface area contributed by atoms with Crippen LogP contribution in [0.5, 0.6) is 5.75 Å². The molecule has 0 aliphatic carbocycles. The topological polar surface area (TPSA) is 39.7 Å². The molecule has 2 rings (SSSR count). The zero-order chi connectivity index (χ0) is 13.9. The van der Waals surface area contributed by atoms with Crippen molar-refractivity contribution in [3.8, 4) is 5.75 Å². The van der Waals surface area contributed by atoms with Gasteiger partial charge in [0.05, 0.1) is 19.8 Å². The van der Waals surface area contributed by atoms with E-state index in [0.29, 0.717) is 6.61 Å². The molecular formula is C15H23NO3. The van der Waals surface area contributed by atoms with E-state index in [1.165, 1.54) is 5.56 Å². The van der Waals surface area contributed by atoms with Gasteiger partial charge in [-0.1, -0.05) is 12.1 Å². The molecule has 0 radical (unpaired) electrons. The molecule has 1 saturated heterocycles. The van der Waals surface area contributed by atoms with E-state index < -0.39 is 5.79 Å². The number of aryl methyl sites for hydroxylation is 1. The summed E-state index contributed by atoms with van der Waals surface area (Å²) in [6.45, 7) is 8.22. The van der Waals surface area contributed by atoms with Crippen LogP contribution in [0.15, 0.2) is 18.2 Å². The number of rotatable bonds is 5. The zero-order valence-corrected chi connectivity index (χ0v) is 12.2. The van der Waals surface area contributed by atoms with Crippen LogP contribution in [0.4, 0.5) is 0 Å². The largest absolute Gasteiger partial charge is 0.496 e. The quantitative estimate of drug-likeness (QED) is 0.886. The molecule has 1 aromatic carbocycles. The third-order valence-corrected chi connectivity index (χ3v) is 3.23. The van der Waals surface area contributed by atoms with Crippen LogP contribution in [0.1, 0.15) is 25.0 Å². The van der Waals surface area contributed by atoms with E-state index in [1.54, 1.807) is 7.11 Å². The summed E-state index contributed by atoms with van der Waals surface area (Å²) < 4.78 is 16.5. The Morgan fingerprint density at radius 2 is 2.21 bits per heavy atom. The van der Waals surface area contributed by atoms with Crippen LogP contribution >= 0.6 is 0 Å². The van der Waals surface area contributed by atoms with Gasteiger partial charge in [-0.25, -0.2) is 0 Å². The molecular weight excluding hydrogens is 242 g/mol. The molecule has 0 saturated carbocycles. The number of hydrogen-bond acceptors (Lipinski definition) is 4. The van der Waals surface area contributed by atoms with Crippen molar-refractivity contribution in [2.24, 2.45) is 0 Å². The van der Waals surface area contributed by atoms with Crippen molar-refractivity contribution in [3.63, 3.8) is 0 Å². The van der Waals surface area contributed by atoms with E-state index in [2.05, 4.69) is 24.4 Å².